The van der Waals surface area contributed by atoms with E-state index in [2.05, 4.69) is 6.92 Å². The van der Waals surface area contributed by atoms with Crippen molar-refractivity contribution in [3.63, 3.8) is 0 Å². The van der Waals surface area contributed by atoms with Crippen molar-refractivity contribution in [2.24, 2.45) is 5.92 Å². The molecular weight excluding hydrogens is 330 g/mol. The fourth-order valence-corrected chi connectivity index (χ4v) is 3.82. The van der Waals surface area contributed by atoms with E-state index in [1.807, 2.05) is 59.5 Å². The van der Waals surface area contributed by atoms with E-state index in [4.69, 9.17) is 0 Å². The largest absolute Gasteiger partial charge is 0.339 e. The van der Waals surface area contributed by atoms with Crippen LogP contribution in [0.25, 0.3) is 0 Å². The van der Waals surface area contributed by atoms with Gasteiger partial charge in [-0.1, -0.05) is 43.3 Å². The predicted octanol–water partition coefficient (Wildman–Crippen LogP) is 4.53. The van der Waals surface area contributed by atoms with Crippen molar-refractivity contribution >= 4 is 23.5 Å². The zero-order chi connectivity index (χ0) is 17.6. The number of thioether (sulfide) groups is 1. The minimum Gasteiger partial charge on any atom is -0.339 e. The molecule has 3 nitrogen and oxygen atoms in total. The first-order valence-corrected chi connectivity index (χ1v) is 9.72. The molecule has 2 aromatic rings. The highest BCUT2D eigenvalue weighted by molar-refractivity contribution is 8.00. The van der Waals surface area contributed by atoms with Crippen LogP contribution in [0.5, 0.6) is 0 Å². The van der Waals surface area contributed by atoms with Gasteiger partial charge >= 0.3 is 0 Å². The van der Waals surface area contributed by atoms with Crippen LogP contribution in [0.3, 0.4) is 0 Å². The van der Waals surface area contributed by atoms with Gasteiger partial charge in [0.25, 0.3) is 5.91 Å². The summed E-state index contributed by atoms with van der Waals surface area (Å²) in [5.41, 5.74) is 1.44. The monoisotopic (exact) mass is 353 g/mol. The van der Waals surface area contributed by atoms with E-state index >= 15 is 0 Å². The Hall–Kier alpha value is -2.07. The smallest absolute Gasteiger partial charge is 0.253 e. The van der Waals surface area contributed by atoms with E-state index in [9.17, 15) is 9.59 Å². The molecule has 2 aromatic carbocycles. The van der Waals surface area contributed by atoms with E-state index in [-0.39, 0.29) is 11.7 Å². The van der Waals surface area contributed by atoms with Crippen LogP contribution in [0.4, 0.5) is 0 Å². The van der Waals surface area contributed by atoms with Gasteiger partial charge in [-0.2, -0.15) is 0 Å². The van der Waals surface area contributed by atoms with Crippen LogP contribution in [0, 0.1) is 5.92 Å². The Morgan fingerprint density at radius 2 is 1.68 bits per heavy atom. The van der Waals surface area contributed by atoms with E-state index < -0.39 is 0 Å². The maximum Gasteiger partial charge on any atom is 0.253 e. The molecule has 4 heteroatoms. The van der Waals surface area contributed by atoms with Gasteiger partial charge in [0, 0.05) is 29.1 Å². The summed E-state index contributed by atoms with van der Waals surface area (Å²) in [4.78, 5) is 27.8. The van der Waals surface area contributed by atoms with Crippen LogP contribution in [-0.4, -0.2) is 35.4 Å². The second kappa shape index (κ2) is 8.34. The number of hydrogen-bond acceptors (Lipinski definition) is 3. The predicted molar refractivity (Wildman–Crippen MR) is 102 cm³/mol. The van der Waals surface area contributed by atoms with Gasteiger partial charge in [-0.3, -0.25) is 9.59 Å². The number of Topliss-reactive ketones (excluding diaryl/α,β-unsaturated/α-hetero) is 1. The first-order chi connectivity index (χ1) is 12.1. The van der Waals surface area contributed by atoms with Crippen molar-refractivity contribution in [3.8, 4) is 0 Å². The number of hydrogen-bond donors (Lipinski definition) is 0. The summed E-state index contributed by atoms with van der Waals surface area (Å²) >= 11 is 1.48. The van der Waals surface area contributed by atoms with Gasteiger partial charge in [-0.25, -0.2) is 0 Å². The Bertz CT molecular complexity index is 737. The van der Waals surface area contributed by atoms with Crippen molar-refractivity contribution in [3.05, 3.63) is 65.7 Å². The van der Waals surface area contributed by atoms with Crippen LogP contribution >= 0.6 is 11.8 Å². The molecule has 130 valence electrons. The third-order valence-electron chi connectivity index (χ3n) is 4.62. The Morgan fingerprint density at radius 1 is 1.00 bits per heavy atom. The lowest BCUT2D eigenvalue weighted by atomic mass is 9.98. The van der Waals surface area contributed by atoms with Crippen LogP contribution in [0.1, 0.15) is 40.5 Å². The summed E-state index contributed by atoms with van der Waals surface area (Å²) in [5, 5.41) is 0. The Balaban J connectivity index is 1.61. The fraction of sp³-hybridized carbons (Fsp3) is 0.333. The summed E-state index contributed by atoms with van der Waals surface area (Å²) in [5.74, 6) is 1.29. The van der Waals surface area contributed by atoms with Gasteiger partial charge in [0.1, 0.15) is 0 Å². The highest BCUT2D eigenvalue weighted by atomic mass is 32.2. The molecule has 1 amide bonds. The number of nitrogens with zero attached hydrogens (tertiary/aromatic N) is 1. The normalized spacial score (nSPS) is 15.2. The summed E-state index contributed by atoms with van der Waals surface area (Å²) in [7, 11) is 0. The molecule has 1 aliphatic heterocycles. The number of piperidine rings is 1. The van der Waals surface area contributed by atoms with Crippen molar-refractivity contribution in [1.82, 2.24) is 4.90 Å². The molecule has 1 aliphatic rings. The fourth-order valence-electron chi connectivity index (χ4n) is 2.97. The number of carbonyl (C=O) groups is 2. The lowest BCUT2D eigenvalue weighted by Gasteiger charge is -2.30. The van der Waals surface area contributed by atoms with Gasteiger partial charge in [0.15, 0.2) is 5.78 Å². The molecule has 0 bridgehead atoms. The summed E-state index contributed by atoms with van der Waals surface area (Å²) in [6.45, 7) is 3.91. The lowest BCUT2D eigenvalue weighted by Crippen LogP contribution is -2.37. The molecule has 3 rings (SSSR count). The van der Waals surface area contributed by atoms with Crippen LogP contribution in [0.15, 0.2) is 59.5 Å². The van der Waals surface area contributed by atoms with Crippen LogP contribution in [-0.2, 0) is 0 Å². The second-order valence-corrected chi connectivity index (χ2v) is 7.63. The van der Waals surface area contributed by atoms with E-state index in [1.165, 1.54) is 11.8 Å². The third-order valence-corrected chi connectivity index (χ3v) is 5.61. The zero-order valence-corrected chi connectivity index (χ0v) is 15.3. The number of likely N-dealkylation sites (tertiary alicyclic amines) is 1. The molecule has 0 spiro atoms. The summed E-state index contributed by atoms with van der Waals surface area (Å²) < 4.78 is 0. The molecular formula is C21H23NO2S. The van der Waals surface area contributed by atoms with Gasteiger partial charge in [0.2, 0.25) is 0 Å². The van der Waals surface area contributed by atoms with E-state index in [0.29, 0.717) is 17.2 Å². The van der Waals surface area contributed by atoms with E-state index in [0.717, 1.165) is 36.4 Å². The molecule has 0 aliphatic carbocycles. The van der Waals surface area contributed by atoms with Gasteiger partial charge in [0.05, 0.1) is 5.75 Å². The summed E-state index contributed by atoms with van der Waals surface area (Å²) in [6, 6.07) is 16.9. The first-order valence-electron chi connectivity index (χ1n) is 8.74. The van der Waals surface area contributed by atoms with Crippen molar-refractivity contribution in [2.75, 3.05) is 18.8 Å². The number of carbonyl (C=O) groups excluding carboxylic acids is 2. The molecule has 1 saturated heterocycles. The second-order valence-electron chi connectivity index (χ2n) is 6.58. The van der Waals surface area contributed by atoms with Gasteiger partial charge < -0.3 is 4.90 Å². The molecule has 1 heterocycles. The molecule has 0 N–H and O–H groups in total. The standard InChI is InChI=1S/C21H23NO2S/c1-16-10-12-22(13-11-16)21(24)18-8-5-9-19(14-18)25-15-20(23)17-6-3-2-4-7-17/h2-9,14,16H,10-13,15H2,1H3. The van der Waals surface area contributed by atoms with Crippen molar-refractivity contribution in [2.45, 2.75) is 24.7 Å². The number of rotatable bonds is 5. The molecule has 0 atom stereocenters. The molecule has 0 saturated carbocycles. The average molecular weight is 353 g/mol. The number of amides is 1. The zero-order valence-electron chi connectivity index (χ0n) is 14.5. The molecule has 0 unspecified atom stereocenters. The molecule has 0 aromatic heterocycles. The molecule has 25 heavy (non-hydrogen) atoms. The van der Waals surface area contributed by atoms with Gasteiger partial charge in [-0.05, 0) is 37.0 Å². The lowest BCUT2D eigenvalue weighted by molar-refractivity contribution is 0.0697. The van der Waals surface area contributed by atoms with Gasteiger partial charge in [-0.15, -0.1) is 11.8 Å². The highest BCUT2D eigenvalue weighted by Gasteiger charge is 2.21. The molecule has 1 fully saturated rings. The van der Waals surface area contributed by atoms with Crippen LogP contribution < -0.4 is 0 Å². The summed E-state index contributed by atoms with van der Waals surface area (Å²) in [6.07, 6.45) is 2.15. The number of benzene rings is 2. The topological polar surface area (TPSA) is 37.4 Å². The number of ketones is 1. The Morgan fingerprint density at radius 3 is 2.40 bits per heavy atom. The Labute approximate surface area is 153 Å². The minimum absolute atomic E-state index is 0.101. The average Bonchev–Trinajstić information content (AvgIpc) is 2.67. The van der Waals surface area contributed by atoms with Crippen molar-refractivity contribution < 1.29 is 9.59 Å². The first kappa shape index (κ1) is 17.7. The van der Waals surface area contributed by atoms with Crippen molar-refractivity contribution in [1.29, 1.82) is 0 Å². The Kier molecular flexibility index (Phi) is 5.92. The molecule has 0 radical (unpaired) electrons. The third kappa shape index (κ3) is 4.73. The highest BCUT2D eigenvalue weighted by Crippen LogP contribution is 2.23. The minimum atomic E-state index is 0.101. The maximum absolute atomic E-state index is 12.7. The SMILES string of the molecule is CC1CCN(C(=O)c2cccc(SCC(=O)c3ccccc3)c2)CC1. The quantitative estimate of drug-likeness (QED) is 0.585. The van der Waals surface area contributed by atoms with Crippen LogP contribution in [0.2, 0.25) is 0 Å². The van der Waals surface area contributed by atoms with E-state index in [1.54, 1.807) is 0 Å². The maximum atomic E-state index is 12.7.